The third kappa shape index (κ3) is 4.04. The molecule has 2 atom stereocenters. The Morgan fingerprint density at radius 1 is 1.43 bits per heavy atom. The number of hydrogen-bond acceptors (Lipinski definition) is 4. The Labute approximate surface area is 122 Å². The third-order valence-electron chi connectivity index (χ3n) is 3.36. The zero-order valence-electron chi connectivity index (χ0n) is 11.4. The number of rotatable bonds is 5. The number of benzene rings is 1. The smallest absolute Gasteiger partial charge is 0.326 e. The van der Waals surface area contributed by atoms with Crippen LogP contribution in [0.3, 0.4) is 0 Å². The lowest BCUT2D eigenvalue weighted by Crippen LogP contribution is -2.46. The summed E-state index contributed by atoms with van der Waals surface area (Å²) in [6, 6.07) is 7.61. The molecule has 21 heavy (non-hydrogen) atoms. The van der Waals surface area contributed by atoms with Crippen molar-refractivity contribution >= 4 is 11.9 Å². The molecule has 1 saturated heterocycles. The van der Waals surface area contributed by atoms with E-state index in [4.69, 9.17) is 10.00 Å². The molecule has 1 aromatic carbocycles. The zero-order valence-corrected chi connectivity index (χ0v) is 11.4. The van der Waals surface area contributed by atoms with Gasteiger partial charge >= 0.3 is 5.97 Å². The molecule has 1 fully saturated rings. The molecule has 1 heterocycles. The van der Waals surface area contributed by atoms with Gasteiger partial charge in [-0.05, 0) is 30.5 Å². The van der Waals surface area contributed by atoms with E-state index >= 15 is 0 Å². The monoisotopic (exact) mass is 288 g/mol. The molecule has 110 valence electrons. The lowest BCUT2D eigenvalue weighted by Gasteiger charge is -2.17. The maximum Gasteiger partial charge on any atom is 0.326 e. The van der Waals surface area contributed by atoms with Gasteiger partial charge in [0, 0.05) is 13.0 Å². The standard InChI is InChI=1S/C15H16N2O4/c16-9-11-5-3-10(4-6-11)8-12(15(19)20)17-14(18)13-2-1-7-21-13/h3-6,12-13H,1-2,7-8H2,(H,17,18)(H,19,20)/t12-,13-/m1/s1. The topological polar surface area (TPSA) is 99.4 Å². The van der Waals surface area contributed by atoms with Crippen LogP contribution in [0.2, 0.25) is 0 Å². The second-order valence-corrected chi connectivity index (χ2v) is 4.91. The van der Waals surface area contributed by atoms with E-state index in [-0.39, 0.29) is 12.3 Å². The summed E-state index contributed by atoms with van der Waals surface area (Å²) in [6.45, 7) is 0.533. The van der Waals surface area contributed by atoms with Gasteiger partial charge in [-0.3, -0.25) is 4.79 Å². The summed E-state index contributed by atoms with van der Waals surface area (Å²) >= 11 is 0. The summed E-state index contributed by atoms with van der Waals surface area (Å²) in [5.41, 5.74) is 1.25. The molecule has 0 spiro atoms. The fourth-order valence-corrected chi connectivity index (χ4v) is 2.20. The van der Waals surface area contributed by atoms with Crippen LogP contribution in [0.25, 0.3) is 0 Å². The molecule has 0 aromatic heterocycles. The molecule has 1 aliphatic rings. The third-order valence-corrected chi connectivity index (χ3v) is 3.36. The van der Waals surface area contributed by atoms with E-state index in [2.05, 4.69) is 5.32 Å². The number of nitrogens with zero attached hydrogens (tertiary/aromatic N) is 1. The molecule has 0 aliphatic carbocycles. The number of carboxylic acid groups (broad SMARTS) is 1. The van der Waals surface area contributed by atoms with Gasteiger partial charge in [0.05, 0.1) is 11.6 Å². The first-order valence-corrected chi connectivity index (χ1v) is 6.74. The van der Waals surface area contributed by atoms with Gasteiger partial charge in [0.2, 0.25) is 5.91 Å². The van der Waals surface area contributed by atoms with E-state index in [0.717, 1.165) is 12.0 Å². The van der Waals surface area contributed by atoms with Crippen LogP contribution in [-0.2, 0) is 20.7 Å². The minimum absolute atomic E-state index is 0.166. The van der Waals surface area contributed by atoms with Crippen molar-refractivity contribution in [2.24, 2.45) is 0 Å². The normalized spacial score (nSPS) is 18.7. The van der Waals surface area contributed by atoms with Gasteiger partial charge in [-0.2, -0.15) is 5.26 Å². The van der Waals surface area contributed by atoms with E-state index in [1.54, 1.807) is 24.3 Å². The molecular formula is C15H16N2O4. The first-order chi connectivity index (χ1) is 10.1. The summed E-state index contributed by atoms with van der Waals surface area (Å²) in [5, 5.41) is 20.4. The minimum atomic E-state index is -1.09. The average Bonchev–Trinajstić information content (AvgIpc) is 3.01. The van der Waals surface area contributed by atoms with Crippen LogP contribution >= 0.6 is 0 Å². The second-order valence-electron chi connectivity index (χ2n) is 4.91. The molecule has 1 amide bonds. The number of ether oxygens (including phenoxy) is 1. The van der Waals surface area contributed by atoms with Crippen molar-refractivity contribution < 1.29 is 19.4 Å². The number of carboxylic acids is 1. The molecule has 0 bridgehead atoms. The quantitative estimate of drug-likeness (QED) is 0.836. The van der Waals surface area contributed by atoms with Crippen molar-refractivity contribution in [2.75, 3.05) is 6.61 Å². The number of carbonyl (C=O) groups excluding carboxylic acids is 1. The van der Waals surface area contributed by atoms with Crippen molar-refractivity contribution in [1.82, 2.24) is 5.32 Å². The summed E-state index contributed by atoms with van der Waals surface area (Å²) in [6.07, 6.45) is 1.05. The van der Waals surface area contributed by atoms with Crippen LogP contribution in [0.15, 0.2) is 24.3 Å². The lowest BCUT2D eigenvalue weighted by molar-refractivity contribution is -0.143. The van der Waals surface area contributed by atoms with Crippen LogP contribution in [0.4, 0.5) is 0 Å². The van der Waals surface area contributed by atoms with Crippen LogP contribution in [0, 0.1) is 11.3 Å². The first kappa shape index (κ1) is 15.0. The van der Waals surface area contributed by atoms with Crippen LogP contribution in [0.5, 0.6) is 0 Å². The highest BCUT2D eigenvalue weighted by Crippen LogP contribution is 2.13. The van der Waals surface area contributed by atoms with Crippen molar-refractivity contribution in [1.29, 1.82) is 5.26 Å². The Morgan fingerprint density at radius 3 is 2.67 bits per heavy atom. The SMILES string of the molecule is N#Cc1ccc(C[C@@H](NC(=O)[C@H]2CCCO2)C(=O)O)cc1. The van der Waals surface area contributed by atoms with Crippen molar-refractivity contribution in [3.05, 3.63) is 35.4 Å². The fraction of sp³-hybridized carbons (Fsp3) is 0.400. The molecule has 1 aromatic rings. The molecule has 2 rings (SSSR count). The lowest BCUT2D eigenvalue weighted by atomic mass is 10.0. The number of nitriles is 1. The van der Waals surface area contributed by atoms with Gasteiger partial charge in [-0.15, -0.1) is 0 Å². The van der Waals surface area contributed by atoms with Crippen LogP contribution in [-0.4, -0.2) is 35.7 Å². The Bertz CT molecular complexity index is 556. The Kier molecular flexibility index (Phi) is 4.90. The van der Waals surface area contributed by atoms with Crippen molar-refractivity contribution in [3.8, 4) is 6.07 Å². The molecule has 2 N–H and O–H groups in total. The van der Waals surface area contributed by atoms with Gasteiger partial charge in [0.25, 0.3) is 0 Å². The summed E-state index contributed by atoms with van der Waals surface area (Å²) in [4.78, 5) is 23.2. The van der Waals surface area contributed by atoms with E-state index in [1.807, 2.05) is 6.07 Å². The predicted octanol–water partition coefficient (Wildman–Crippen LogP) is 0.849. The molecule has 0 unspecified atom stereocenters. The molecule has 0 radical (unpaired) electrons. The first-order valence-electron chi connectivity index (χ1n) is 6.74. The van der Waals surface area contributed by atoms with Gasteiger partial charge < -0.3 is 15.2 Å². The maximum atomic E-state index is 11.9. The average molecular weight is 288 g/mol. The van der Waals surface area contributed by atoms with Gasteiger partial charge in [-0.25, -0.2) is 4.79 Å². The number of aliphatic carboxylic acids is 1. The molecule has 6 heteroatoms. The number of carbonyl (C=O) groups is 2. The Balaban J connectivity index is 1.99. The molecule has 0 saturated carbocycles. The Morgan fingerprint density at radius 2 is 2.14 bits per heavy atom. The van der Waals surface area contributed by atoms with Crippen LogP contribution in [0.1, 0.15) is 24.0 Å². The minimum Gasteiger partial charge on any atom is -0.480 e. The zero-order chi connectivity index (χ0) is 15.2. The number of amides is 1. The van der Waals surface area contributed by atoms with E-state index in [1.165, 1.54) is 0 Å². The second kappa shape index (κ2) is 6.86. The molecule has 6 nitrogen and oxygen atoms in total. The molecule has 1 aliphatic heterocycles. The fourth-order valence-electron chi connectivity index (χ4n) is 2.20. The Hall–Kier alpha value is -2.39. The van der Waals surface area contributed by atoms with E-state index < -0.39 is 18.1 Å². The predicted molar refractivity (Wildman–Crippen MR) is 73.4 cm³/mol. The van der Waals surface area contributed by atoms with Gasteiger partial charge in [0.1, 0.15) is 12.1 Å². The molecular weight excluding hydrogens is 272 g/mol. The maximum absolute atomic E-state index is 11.9. The summed E-state index contributed by atoms with van der Waals surface area (Å²) in [7, 11) is 0. The highest BCUT2D eigenvalue weighted by molar-refractivity contribution is 5.86. The summed E-state index contributed by atoms with van der Waals surface area (Å²) in [5.74, 6) is -1.47. The van der Waals surface area contributed by atoms with Crippen molar-refractivity contribution in [2.45, 2.75) is 31.4 Å². The highest BCUT2D eigenvalue weighted by Gasteiger charge is 2.28. The van der Waals surface area contributed by atoms with E-state index in [9.17, 15) is 14.7 Å². The van der Waals surface area contributed by atoms with E-state index in [0.29, 0.717) is 18.6 Å². The van der Waals surface area contributed by atoms with Gasteiger partial charge in [0.15, 0.2) is 0 Å². The number of hydrogen-bond donors (Lipinski definition) is 2. The summed E-state index contributed by atoms with van der Waals surface area (Å²) < 4.78 is 5.23. The van der Waals surface area contributed by atoms with Gasteiger partial charge in [-0.1, -0.05) is 12.1 Å². The largest absolute Gasteiger partial charge is 0.480 e. The van der Waals surface area contributed by atoms with Crippen LogP contribution < -0.4 is 5.32 Å². The van der Waals surface area contributed by atoms with Crippen molar-refractivity contribution in [3.63, 3.8) is 0 Å². The number of nitrogens with one attached hydrogen (secondary N) is 1. The highest BCUT2D eigenvalue weighted by atomic mass is 16.5.